The first-order valence-electron chi connectivity index (χ1n) is 6.51. The third kappa shape index (κ3) is 2.73. The van der Waals surface area contributed by atoms with E-state index in [-0.39, 0.29) is 17.5 Å². The van der Waals surface area contributed by atoms with E-state index < -0.39 is 10.5 Å². The Morgan fingerprint density at radius 1 is 1.60 bits per heavy atom. The molecule has 0 bridgehead atoms. The summed E-state index contributed by atoms with van der Waals surface area (Å²) in [6.45, 7) is 1.80. The number of hydrogen-bond donors (Lipinski definition) is 1. The summed E-state index contributed by atoms with van der Waals surface area (Å²) >= 11 is 0. The zero-order chi connectivity index (χ0) is 14.8. The van der Waals surface area contributed by atoms with Gasteiger partial charge in [0.25, 0.3) is 0 Å². The minimum Gasteiger partial charge on any atom is -0.483 e. The van der Waals surface area contributed by atoms with E-state index in [4.69, 9.17) is 4.74 Å². The molecule has 0 amide bonds. The van der Waals surface area contributed by atoms with Crippen molar-refractivity contribution in [2.45, 2.75) is 37.8 Å². The van der Waals surface area contributed by atoms with Gasteiger partial charge in [0.05, 0.1) is 11.0 Å². The molecule has 0 aromatic heterocycles. The zero-order valence-corrected chi connectivity index (χ0v) is 11.5. The molecule has 0 saturated heterocycles. The maximum Gasteiger partial charge on any atom is 0.311 e. The highest BCUT2D eigenvalue weighted by atomic mass is 16.6. The molecular formula is C14H17N3O3. The van der Waals surface area contributed by atoms with Crippen LogP contribution in [0, 0.1) is 28.4 Å². The smallest absolute Gasteiger partial charge is 0.311 e. The fourth-order valence-corrected chi connectivity index (χ4v) is 2.53. The lowest BCUT2D eigenvalue weighted by Crippen LogP contribution is -2.39. The van der Waals surface area contributed by atoms with E-state index in [0.717, 1.165) is 5.56 Å². The first kappa shape index (κ1) is 14.3. The Labute approximate surface area is 117 Å². The van der Waals surface area contributed by atoms with E-state index in [1.165, 1.54) is 6.07 Å². The maximum absolute atomic E-state index is 11.0. The van der Waals surface area contributed by atoms with Gasteiger partial charge in [0.2, 0.25) is 0 Å². The van der Waals surface area contributed by atoms with Gasteiger partial charge in [-0.1, -0.05) is 6.07 Å². The van der Waals surface area contributed by atoms with Crippen LogP contribution in [0.1, 0.15) is 24.8 Å². The Bertz CT molecular complexity index is 567. The maximum atomic E-state index is 11.0. The largest absolute Gasteiger partial charge is 0.483 e. The summed E-state index contributed by atoms with van der Waals surface area (Å²) in [6.07, 6.45) is 1.75. The quantitative estimate of drug-likeness (QED) is 0.673. The van der Waals surface area contributed by atoms with Gasteiger partial charge in [0, 0.05) is 12.5 Å². The van der Waals surface area contributed by atoms with Crippen LogP contribution in [0.15, 0.2) is 18.2 Å². The number of nitro benzene ring substituents is 1. The predicted molar refractivity (Wildman–Crippen MR) is 73.5 cm³/mol. The van der Waals surface area contributed by atoms with Crippen LogP contribution in [0.25, 0.3) is 0 Å². The van der Waals surface area contributed by atoms with Crippen LogP contribution >= 0.6 is 0 Å². The molecule has 2 atom stereocenters. The molecular weight excluding hydrogens is 258 g/mol. The Balaban J connectivity index is 2.16. The minimum atomic E-state index is -0.579. The van der Waals surface area contributed by atoms with E-state index in [0.29, 0.717) is 19.3 Å². The molecule has 0 aliphatic heterocycles. The van der Waals surface area contributed by atoms with Crippen molar-refractivity contribution in [3.63, 3.8) is 0 Å². The zero-order valence-electron chi connectivity index (χ0n) is 11.5. The van der Waals surface area contributed by atoms with E-state index in [2.05, 4.69) is 11.4 Å². The van der Waals surface area contributed by atoms with Crippen molar-refractivity contribution in [1.82, 2.24) is 5.32 Å². The van der Waals surface area contributed by atoms with Crippen molar-refractivity contribution in [1.29, 1.82) is 5.26 Å². The fourth-order valence-electron chi connectivity index (χ4n) is 2.53. The van der Waals surface area contributed by atoms with E-state index in [1.807, 2.05) is 0 Å². The van der Waals surface area contributed by atoms with Crippen LogP contribution < -0.4 is 10.1 Å². The number of ether oxygens (including phenoxy) is 1. The Hall–Kier alpha value is -2.13. The first-order valence-corrected chi connectivity index (χ1v) is 6.51. The third-order valence-corrected chi connectivity index (χ3v) is 3.77. The van der Waals surface area contributed by atoms with E-state index >= 15 is 0 Å². The molecule has 106 valence electrons. The molecule has 6 nitrogen and oxygen atoms in total. The van der Waals surface area contributed by atoms with Crippen LogP contribution in [0.4, 0.5) is 5.69 Å². The normalized spacial score (nSPS) is 25.1. The number of rotatable bonds is 4. The van der Waals surface area contributed by atoms with Crippen molar-refractivity contribution < 1.29 is 9.66 Å². The molecule has 0 heterocycles. The molecule has 1 aliphatic rings. The second-order valence-corrected chi connectivity index (χ2v) is 5.15. The molecule has 1 N–H and O–H groups in total. The van der Waals surface area contributed by atoms with Crippen LogP contribution in [0.2, 0.25) is 0 Å². The highest BCUT2D eigenvalue weighted by Crippen LogP contribution is 2.35. The van der Waals surface area contributed by atoms with Gasteiger partial charge in [-0.15, -0.1) is 0 Å². The van der Waals surface area contributed by atoms with Gasteiger partial charge < -0.3 is 10.1 Å². The Kier molecular flexibility index (Phi) is 3.91. The summed E-state index contributed by atoms with van der Waals surface area (Å²) in [5.74, 6) is 0.274. The number of nitrogens with zero attached hydrogens (tertiary/aromatic N) is 2. The van der Waals surface area contributed by atoms with E-state index in [1.54, 1.807) is 26.1 Å². The summed E-state index contributed by atoms with van der Waals surface area (Å²) in [6, 6.07) is 7.17. The molecule has 1 fully saturated rings. The lowest BCUT2D eigenvalue weighted by Gasteiger charge is -2.20. The van der Waals surface area contributed by atoms with Gasteiger partial charge in [0.15, 0.2) is 5.75 Å². The number of nitrogens with one attached hydrogen (secondary N) is 1. The molecule has 1 aromatic rings. The molecule has 0 radical (unpaired) electrons. The number of nitriles is 1. The average molecular weight is 275 g/mol. The summed E-state index contributed by atoms with van der Waals surface area (Å²) in [4.78, 5) is 10.6. The predicted octanol–water partition coefficient (Wildman–Crippen LogP) is 2.32. The molecule has 20 heavy (non-hydrogen) atoms. The van der Waals surface area contributed by atoms with Crippen LogP contribution in [0.3, 0.4) is 0 Å². The molecule has 0 spiro atoms. The summed E-state index contributed by atoms with van der Waals surface area (Å²) < 4.78 is 5.75. The van der Waals surface area contributed by atoms with Gasteiger partial charge in [-0.3, -0.25) is 10.1 Å². The molecule has 2 rings (SSSR count). The molecule has 1 aliphatic carbocycles. The van der Waals surface area contributed by atoms with Crippen LogP contribution in [-0.2, 0) is 0 Å². The second kappa shape index (κ2) is 5.47. The summed E-state index contributed by atoms with van der Waals surface area (Å²) in [5, 5.41) is 23.3. The molecule has 1 aromatic carbocycles. The van der Waals surface area contributed by atoms with Crippen molar-refractivity contribution in [2.75, 3.05) is 7.05 Å². The van der Waals surface area contributed by atoms with Crippen molar-refractivity contribution in [3.05, 3.63) is 33.9 Å². The molecule has 1 saturated carbocycles. The SMILES string of the molecule is CNC1(C#N)CCC(Oc2ccc(C)cc2[N+](=O)[O-])C1. The minimum absolute atomic E-state index is 0.0242. The highest BCUT2D eigenvalue weighted by molar-refractivity contribution is 5.48. The Morgan fingerprint density at radius 3 is 2.90 bits per heavy atom. The summed E-state index contributed by atoms with van der Waals surface area (Å²) in [5.41, 5.74) is 0.213. The van der Waals surface area contributed by atoms with Crippen molar-refractivity contribution in [3.8, 4) is 11.8 Å². The molecule has 6 heteroatoms. The van der Waals surface area contributed by atoms with E-state index in [9.17, 15) is 15.4 Å². The van der Waals surface area contributed by atoms with Gasteiger partial charge >= 0.3 is 5.69 Å². The highest BCUT2D eigenvalue weighted by Gasteiger charge is 2.39. The average Bonchev–Trinajstić information content (AvgIpc) is 2.84. The second-order valence-electron chi connectivity index (χ2n) is 5.15. The van der Waals surface area contributed by atoms with Crippen molar-refractivity contribution >= 4 is 5.69 Å². The lowest BCUT2D eigenvalue weighted by molar-refractivity contribution is -0.386. The van der Waals surface area contributed by atoms with Gasteiger partial charge in [-0.25, -0.2) is 0 Å². The Morgan fingerprint density at radius 2 is 2.35 bits per heavy atom. The number of hydrogen-bond acceptors (Lipinski definition) is 5. The monoisotopic (exact) mass is 275 g/mol. The number of nitro groups is 1. The topological polar surface area (TPSA) is 88.2 Å². The summed E-state index contributed by atoms with van der Waals surface area (Å²) in [7, 11) is 1.75. The number of aryl methyl sites for hydroxylation is 1. The fraction of sp³-hybridized carbons (Fsp3) is 0.500. The molecule has 2 unspecified atom stereocenters. The first-order chi connectivity index (χ1) is 9.49. The van der Waals surface area contributed by atoms with Gasteiger partial charge in [-0.2, -0.15) is 5.26 Å². The van der Waals surface area contributed by atoms with Gasteiger partial charge in [0.1, 0.15) is 11.6 Å². The van der Waals surface area contributed by atoms with Gasteiger partial charge in [-0.05, 0) is 38.4 Å². The lowest BCUT2D eigenvalue weighted by atomic mass is 10.0. The van der Waals surface area contributed by atoms with Crippen molar-refractivity contribution in [2.24, 2.45) is 0 Å². The third-order valence-electron chi connectivity index (χ3n) is 3.77. The van der Waals surface area contributed by atoms with Crippen LogP contribution in [0.5, 0.6) is 5.75 Å². The van der Waals surface area contributed by atoms with Crippen LogP contribution in [-0.4, -0.2) is 23.6 Å². The number of benzene rings is 1. The standard InChI is InChI=1S/C14H17N3O3/c1-10-3-4-13(12(7-10)17(18)19)20-11-5-6-14(8-11,9-15)16-2/h3-4,7,11,16H,5-6,8H2,1-2H3.